The third-order valence-corrected chi connectivity index (χ3v) is 3.62. The molecule has 0 unspecified atom stereocenters. The molecular formula is C18H17N3O4. The van der Waals surface area contributed by atoms with Crippen molar-refractivity contribution in [2.24, 2.45) is 0 Å². The highest BCUT2D eigenvalue weighted by atomic mass is 16.6. The molecule has 25 heavy (non-hydrogen) atoms. The molecule has 0 aliphatic rings. The average molecular weight is 339 g/mol. The van der Waals surface area contributed by atoms with Crippen molar-refractivity contribution in [2.75, 3.05) is 5.32 Å². The summed E-state index contributed by atoms with van der Waals surface area (Å²) in [6, 6.07) is 9.57. The van der Waals surface area contributed by atoms with Crippen LogP contribution in [-0.2, 0) is 4.79 Å². The predicted octanol–water partition coefficient (Wildman–Crippen LogP) is 4.16. The standard InChI is InChI=1S/C18H17N3O4/c1-11-6-12(2)13(3)17(7-11)25-16-9-14(20-18(22)4-5-19)8-15(10-16)21(23)24/h6-10H,4H2,1-3H3,(H,20,22). The molecule has 0 aliphatic carbocycles. The summed E-state index contributed by atoms with van der Waals surface area (Å²) in [6.45, 7) is 5.79. The molecule has 7 heteroatoms. The maximum Gasteiger partial charge on any atom is 0.275 e. The monoisotopic (exact) mass is 339 g/mol. The molecule has 0 heterocycles. The van der Waals surface area contributed by atoms with Gasteiger partial charge in [0.25, 0.3) is 5.69 Å². The Bertz CT molecular complexity index is 885. The van der Waals surface area contributed by atoms with Gasteiger partial charge in [-0.3, -0.25) is 14.9 Å². The zero-order valence-electron chi connectivity index (χ0n) is 14.1. The number of amides is 1. The smallest absolute Gasteiger partial charge is 0.275 e. The Hall–Kier alpha value is -3.40. The Morgan fingerprint density at radius 1 is 1.24 bits per heavy atom. The number of nitrogens with one attached hydrogen (secondary N) is 1. The molecule has 0 atom stereocenters. The van der Waals surface area contributed by atoms with Crippen LogP contribution >= 0.6 is 0 Å². The van der Waals surface area contributed by atoms with E-state index >= 15 is 0 Å². The lowest BCUT2D eigenvalue weighted by molar-refractivity contribution is -0.384. The number of rotatable bonds is 5. The van der Waals surface area contributed by atoms with Gasteiger partial charge in [-0.2, -0.15) is 5.26 Å². The number of carbonyl (C=O) groups excluding carboxylic acids is 1. The van der Waals surface area contributed by atoms with Crippen LogP contribution in [0.2, 0.25) is 0 Å². The Morgan fingerprint density at radius 3 is 2.60 bits per heavy atom. The van der Waals surface area contributed by atoms with Gasteiger partial charge in [-0.05, 0) is 43.5 Å². The lowest BCUT2D eigenvalue weighted by atomic mass is 10.1. The van der Waals surface area contributed by atoms with E-state index < -0.39 is 10.8 Å². The normalized spacial score (nSPS) is 10.0. The Labute approximate surface area is 145 Å². The largest absolute Gasteiger partial charge is 0.457 e. The van der Waals surface area contributed by atoms with E-state index in [2.05, 4.69) is 5.32 Å². The number of hydrogen-bond acceptors (Lipinski definition) is 5. The first-order valence-corrected chi connectivity index (χ1v) is 7.52. The number of ether oxygens (including phenoxy) is 1. The first-order chi connectivity index (χ1) is 11.8. The summed E-state index contributed by atoms with van der Waals surface area (Å²) in [5, 5.41) is 22.1. The van der Waals surface area contributed by atoms with Gasteiger partial charge in [0.2, 0.25) is 5.91 Å². The molecule has 128 valence electrons. The molecule has 1 amide bonds. The fourth-order valence-electron chi connectivity index (χ4n) is 2.33. The number of hydrogen-bond donors (Lipinski definition) is 1. The van der Waals surface area contributed by atoms with Gasteiger partial charge in [-0.1, -0.05) is 6.07 Å². The Kier molecular flexibility index (Phi) is 5.35. The van der Waals surface area contributed by atoms with Crippen LogP contribution in [0.15, 0.2) is 30.3 Å². The summed E-state index contributed by atoms with van der Waals surface area (Å²) < 4.78 is 5.82. The third-order valence-electron chi connectivity index (χ3n) is 3.62. The van der Waals surface area contributed by atoms with E-state index in [1.807, 2.05) is 32.9 Å². The van der Waals surface area contributed by atoms with E-state index in [0.717, 1.165) is 16.7 Å². The van der Waals surface area contributed by atoms with Gasteiger partial charge in [-0.15, -0.1) is 0 Å². The van der Waals surface area contributed by atoms with Crippen molar-refractivity contribution in [3.05, 3.63) is 57.1 Å². The topological polar surface area (TPSA) is 105 Å². The molecule has 2 aromatic rings. The van der Waals surface area contributed by atoms with Crippen molar-refractivity contribution in [2.45, 2.75) is 27.2 Å². The van der Waals surface area contributed by atoms with E-state index in [4.69, 9.17) is 10.00 Å². The van der Waals surface area contributed by atoms with Gasteiger partial charge in [0.1, 0.15) is 17.9 Å². The number of nitriles is 1. The van der Waals surface area contributed by atoms with Gasteiger partial charge in [0.15, 0.2) is 0 Å². The van der Waals surface area contributed by atoms with E-state index in [1.165, 1.54) is 18.2 Å². The number of aryl methyl sites for hydroxylation is 2. The number of benzene rings is 2. The van der Waals surface area contributed by atoms with Crippen LogP contribution < -0.4 is 10.1 Å². The zero-order chi connectivity index (χ0) is 18.6. The summed E-state index contributed by atoms with van der Waals surface area (Å²) in [5.41, 5.74) is 2.96. The van der Waals surface area contributed by atoms with Gasteiger partial charge in [-0.25, -0.2) is 0 Å². The Balaban J connectivity index is 2.40. The predicted molar refractivity (Wildman–Crippen MR) is 92.7 cm³/mol. The van der Waals surface area contributed by atoms with Crippen LogP contribution in [-0.4, -0.2) is 10.8 Å². The van der Waals surface area contributed by atoms with E-state index in [1.54, 1.807) is 6.07 Å². The van der Waals surface area contributed by atoms with Crippen molar-refractivity contribution in [1.29, 1.82) is 5.26 Å². The van der Waals surface area contributed by atoms with Gasteiger partial charge < -0.3 is 10.1 Å². The molecule has 0 bridgehead atoms. The van der Waals surface area contributed by atoms with Gasteiger partial charge in [0.05, 0.1) is 22.7 Å². The highest BCUT2D eigenvalue weighted by molar-refractivity contribution is 5.92. The summed E-state index contributed by atoms with van der Waals surface area (Å²) in [5.74, 6) is 0.276. The van der Waals surface area contributed by atoms with Crippen LogP contribution in [0.1, 0.15) is 23.1 Å². The molecule has 2 rings (SSSR count). The van der Waals surface area contributed by atoms with Gasteiger partial charge in [0, 0.05) is 12.1 Å². The average Bonchev–Trinajstić information content (AvgIpc) is 2.52. The van der Waals surface area contributed by atoms with Crippen molar-refractivity contribution in [3.63, 3.8) is 0 Å². The van der Waals surface area contributed by atoms with Crippen LogP contribution in [0, 0.1) is 42.2 Å². The second-order valence-corrected chi connectivity index (χ2v) is 5.66. The quantitative estimate of drug-likeness (QED) is 0.650. The van der Waals surface area contributed by atoms with E-state index in [9.17, 15) is 14.9 Å². The van der Waals surface area contributed by atoms with Crippen LogP contribution in [0.4, 0.5) is 11.4 Å². The van der Waals surface area contributed by atoms with Crippen LogP contribution in [0.25, 0.3) is 0 Å². The molecule has 7 nitrogen and oxygen atoms in total. The first-order valence-electron chi connectivity index (χ1n) is 7.52. The number of anilines is 1. The number of nitrogens with zero attached hydrogens (tertiary/aromatic N) is 2. The zero-order valence-corrected chi connectivity index (χ0v) is 14.1. The minimum Gasteiger partial charge on any atom is -0.457 e. The van der Waals surface area contributed by atoms with Crippen molar-refractivity contribution in [1.82, 2.24) is 0 Å². The molecule has 1 N–H and O–H groups in total. The first kappa shape index (κ1) is 17.9. The SMILES string of the molecule is Cc1cc(C)c(C)c(Oc2cc(NC(=O)CC#N)cc([N+](=O)[O-])c2)c1. The summed E-state index contributed by atoms with van der Waals surface area (Å²) in [6.07, 6.45) is -0.338. The molecule has 0 aromatic heterocycles. The summed E-state index contributed by atoms with van der Waals surface area (Å²) in [4.78, 5) is 22.1. The van der Waals surface area contributed by atoms with Crippen LogP contribution in [0.3, 0.4) is 0 Å². The molecule has 0 saturated carbocycles. The maximum absolute atomic E-state index is 11.6. The Morgan fingerprint density at radius 2 is 1.96 bits per heavy atom. The highest BCUT2D eigenvalue weighted by Gasteiger charge is 2.14. The number of nitro benzene ring substituents is 1. The fourth-order valence-corrected chi connectivity index (χ4v) is 2.33. The summed E-state index contributed by atoms with van der Waals surface area (Å²) in [7, 11) is 0. The second-order valence-electron chi connectivity index (χ2n) is 5.66. The number of nitro groups is 1. The number of non-ortho nitro benzene ring substituents is 1. The molecule has 2 aromatic carbocycles. The molecule has 0 spiro atoms. The minimum absolute atomic E-state index is 0.200. The molecule has 0 fully saturated rings. The van der Waals surface area contributed by atoms with Crippen molar-refractivity contribution in [3.8, 4) is 17.6 Å². The van der Waals surface area contributed by atoms with Crippen molar-refractivity contribution < 1.29 is 14.5 Å². The summed E-state index contributed by atoms with van der Waals surface area (Å²) >= 11 is 0. The lowest BCUT2D eigenvalue weighted by Gasteiger charge is -2.13. The molecule has 0 saturated heterocycles. The lowest BCUT2D eigenvalue weighted by Crippen LogP contribution is -2.10. The van der Waals surface area contributed by atoms with Crippen LogP contribution in [0.5, 0.6) is 11.5 Å². The maximum atomic E-state index is 11.6. The minimum atomic E-state index is -0.568. The molecule has 0 aliphatic heterocycles. The highest BCUT2D eigenvalue weighted by Crippen LogP contribution is 2.32. The van der Waals surface area contributed by atoms with Crippen molar-refractivity contribution >= 4 is 17.3 Å². The second kappa shape index (κ2) is 7.45. The number of carbonyl (C=O) groups is 1. The van der Waals surface area contributed by atoms with Gasteiger partial charge >= 0.3 is 0 Å². The fraction of sp³-hybridized carbons (Fsp3) is 0.222. The third kappa shape index (κ3) is 4.54. The van der Waals surface area contributed by atoms with E-state index in [-0.39, 0.29) is 23.5 Å². The van der Waals surface area contributed by atoms with E-state index in [0.29, 0.717) is 5.75 Å². The molecule has 0 radical (unpaired) electrons. The molecular weight excluding hydrogens is 322 g/mol.